The molecule has 0 fully saturated rings. The van der Waals surface area contributed by atoms with Crippen molar-refractivity contribution in [3.8, 4) is 0 Å². The smallest absolute Gasteiger partial charge is 0.327 e. The zero-order chi connectivity index (χ0) is 15.6. The molecule has 0 heterocycles. The molecule has 0 saturated heterocycles. The Bertz CT molecular complexity index is 349. The normalized spacial score (nSPS) is 12.4. The summed E-state index contributed by atoms with van der Waals surface area (Å²) in [4.78, 5) is 10.2. The molecule has 0 radical (unpaired) electrons. The first-order chi connectivity index (χ1) is 10.3. The summed E-state index contributed by atoms with van der Waals surface area (Å²) in [7, 11) is 0. The van der Waals surface area contributed by atoms with Gasteiger partial charge in [0, 0.05) is 6.08 Å². The number of hydrogen-bond donors (Lipinski definition) is 1. The van der Waals surface area contributed by atoms with Gasteiger partial charge in [0.2, 0.25) is 0 Å². The Morgan fingerprint density at radius 2 is 1.10 bits per heavy atom. The highest BCUT2D eigenvalue weighted by molar-refractivity contribution is 5.79. The summed E-state index contributed by atoms with van der Waals surface area (Å²) in [6, 6.07) is 0. The molecule has 0 aromatic carbocycles. The average molecular weight is 290 g/mol. The molecule has 0 atom stereocenters. The Morgan fingerprint density at radius 1 is 0.714 bits per heavy atom. The number of carbonyl (C=O) groups is 1. The van der Waals surface area contributed by atoms with Crippen LogP contribution in [-0.2, 0) is 4.79 Å². The zero-order valence-electron chi connectivity index (χ0n) is 13.3. The molecule has 0 aromatic rings. The van der Waals surface area contributed by atoms with E-state index in [1.807, 2.05) is 0 Å². The van der Waals surface area contributed by atoms with E-state index in [1.54, 1.807) is 6.08 Å². The van der Waals surface area contributed by atoms with Gasteiger partial charge < -0.3 is 5.11 Å². The highest BCUT2D eigenvalue weighted by Gasteiger charge is 1.84. The van der Waals surface area contributed by atoms with Crippen molar-refractivity contribution in [2.75, 3.05) is 0 Å². The Balaban J connectivity index is 3.35. The van der Waals surface area contributed by atoms with E-state index in [1.165, 1.54) is 25.3 Å². The van der Waals surface area contributed by atoms with E-state index >= 15 is 0 Å². The van der Waals surface area contributed by atoms with Crippen molar-refractivity contribution in [3.05, 3.63) is 48.6 Å². The van der Waals surface area contributed by atoms with Crippen LogP contribution in [0.5, 0.6) is 0 Å². The first-order valence-corrected chi connectivity index (χ1v) is 8.11. The molecular weight excluding hydrogens is 260 g/mol. The highest BCUT2D eigenvalue weighted by atomic mass is 16.4. The van der Waals surface area contributed by atoms with Crippen LogP contribution in [0.15, 0.2) is 48.6 Å². The van der Waals surface area contributed by atoms with Gasteiger partial charge in [-0.25, -0.2) is 4.79 Å². The molecule has 0 saturated carbocycles. The van der Waals surface area contributed by atoms with Crippen LogP contribution in [0.3, 0.4) is 0 Å². The molecule has 0 aromatic heterocycles. The predicted molar refractivity (Wildman–Crippen MR) is 91.4 cm³/mol. The van der Waals surface area contributed by atoms with Crippen LogP contribution in [0.1, 0.15) is 64.7 Å². The van der Waals surface area contributed by atoms with Gasteiger partial charge in [0.1, 0.15) is 0 Å². The third-order valence-electron chi connectivity index (χ3n) is 2.98. The summed E-state index contributed by atoms with van der Waals surface area (Å²) in [6.45, 7) is 2.22. The van der Waals surface area contributed by atoms with E-state index in [0.29, 0.717) is 0 Å². The third kappa shape index (κ3) is 18.4. The maximum Gasteiger partial charge on any atom is 0.327 e. The molecule has 0 spiro atoms. The average Bonchev–Trinajstić information content (AvgIpc) is 2.46. The molecule has 1 N–H and O–H groups in total. The largest absolute Gasteiger partial charge is 0.478 e. The van der Waals surface area contributed by atoms with Crippen molar-refractivity contribution in [2.24, 2.45) is 0 Å². The summed E-state index contributed by atoms with van der Waals surface area (Å²) in [6.07, 6.45) is 26.2. The number of hydrogen-bond acceptors (Lipinski definition) is 1. The molecule has 21 heavy (non-hydrogen) atoms. The minimum atomic E-state index is -0.871. The lowest BCUT2D eigenvalue weighted by molar-refractivity contribution is -0.131. The molecule has 0 aliphatic carbocycles. The second-order valence-electron chi connectivity index (χ2n) is 5.03. The predicted octanol–water partition coefficient (Wildman–Crippen LogP) is 5.83. The Hall–Kier alpha value is -1.57. The summed E-state index contributed by atoms with van der Waals surface area (Å²) in [5.41, 5.74) is 0. The Labute approximate surface area is 130 Å². The number of unbranched alkanes of at least 4 members (excludes halogenated alkanes) is 5. The summed E-state index contributed by atoms with van der Waals surface area (Å²) in [5.74, 6) is -0.871. The number of aliphatic carboxylic acids is 1. The van der Waals surface area contributed by atoms with Gasteiger partial charge >= 0.3 is 5.97 Å². The zero-order valence-corrected chi connectivity index (χ0v) is 13.3. The van der Waals surface area contributed by atoms with E-state index < -0.39 is 5.97 Å². The van der Waals surface area contributed by atoms with Crippen molar-refractivity contribution in [1.82, 2.24) is 0 Å². The summed E-state index contributed by atoms with van der Waals surface area (Å²) < 4.78 is 0. The van der Waals surface area contributed by atoms with Gasteiger partial charge in [0.25, 0.3) is 0 Å². The highest BCUT2D eigenvalue weighted by Crippen LogP contribution is 2.01. The molecule has 0 rings (SSSR count). The summed E-state index contributed by atoms with van der Waals surface area (Å²) in [5, 5.41) is 8.41. The summed E-state index contributed by atoms with van der Waals surface area (Å²) >= 11 is 0. The molecule has 0 aliphatic heterocycles. The fraction of sp³-hybridized carbons (Fsp3) is 0.526. The fourth-order valence-electron chi connectivity index (χ4n) is 1.79. The van der Waals surface area contributed by atoms with Crippen LogP contribution in [0.25, 0.3) is 0 Å². The van der Waals surface area contributed by atoms with E-state index in [4.69, 9.17) is 5.11 Å². The van der Waals surface area contributed by atoms with E-state index in [0.717, 1.165) is 38.5 Å². The van der Waals surface area contributed by atoms with Crippen LogP contribution < -0.4 is 0 Å². The van der Waals surface area contributed by atoms with Crippen molar-refractivity contribution in [2.45, 2.75) is 64.7 Å². The van der Waals surface area contributed by atoms with E-state index in [-0.39, 0.29) is 0 Å². The van der Waals surface area contributed by atoms with Gasteiger partial charge in [0.05, 0.1) is 0 Å². The van der Waals surface area contributed by atoms with Gasteiger partial charge in [-0.2, -0.15) is 0 Å². The van der Waals surface area contributed by atoms with Gasteiger partial charge in [-0.15, -0.1) is 0 Å². The second-order valence-corrected chi connectivity index (χ2v) is 5.03. The lowest BCUT2D eigenvalue weighted by Crippen LogP contribution is -1.85. The molecule has 0 aliphatic rings. The number of rotatable bonds is 13. The lowest BCUT2D eigenvalue weighted by atomic mass is 10.2. The molecule has 118 valence electrons. The molecule has 0 bridgehead atoms. The fourth-order valence-corrected chi connectivity index (χ4v) is 1.79. The van der Waals surface area contributed by atoms with Crippen LogP contribution >= 0.6 is 0 Å². The molecule has 2 nitrogen and oxygen atoms in total. The van der Waals surface area contributed by atoms with Crippen LogP contribution in [0.4, 0.5) is 0 Å². The van der Waals surface area contributed by atoms with Gasteiger partial charge in [0.15, 0.2) is 0 Å². The van der Waals surface area contributed by atoms with Crippen molar-refractivity contribution in [1.29, 1.82) is 0 Å². The molecule has 0 unspecified atom stereocenters. The quantitative estimate of drug-likeness (QED) is 0.263. The number of carboxylic acids is 1. The lowest BCUT2D eigenvalue weighted by Gasteiger charge is -1.90. The number of allylic oxidation sites excluding steroid dienone is 7. The van der Waals surface area contributed by atoms with Crippen molar-refractivity contribution < 1.29 is 9.90 Å². The van der Waals surface area contributed by atoms with Crippen LogP contribution in [0, 0.1) is 0 Å². The van der Waals surface area contributed by atoms with E-state index in [9.17, 15) is 4.79 Å². The van der Waals surface area contributed by atoms with Crippen LogP contribution in [0.2, 0.25) is 0 Å². The second kappa shape index (κ2) is 16.5. The van der Waals surface area contributed by atoms with E-state index in [2.05, 4.69) is 43.4 Å². The topological polar surface area (TPSA) is 37.3 Å². The van der Waals surface area contributed by atoms with Crippen molar-refractivity contribution in [3.63, 3.8) is 0 Å². The monoisotopic (exact) mass is 290 g/mol. The van der Waals surface area contributed by atoms with Gasteiger partial charge in [-0.05, 0) is 44.9 Å². The van der Waals surface area contributed by atoms with Crippen molar-refractivity contribution >= 4 is 5.97 Å². The first-order valence-electron chi connectivity index (χ1n) is 8.11. The third-order valence-corrected chi connectivity index (χ3v) is 2.98. The Kier molecular flexibility index (Phi) is 15.3. The van der Waals surface area contributed by atoms with Gasteiger partial charge in [-0.3, -0.25) is 0 Å². The number of carboxylic acid groups (broad SMARTS) is 1. The first kappa shape index (κ1) is 19.4. The molecule has 2 heteroatoms. The minimum absolute atomic E-state index is 0.795. The molecular formula is C19H30O2. The maximum absolute atomic E-state index is 10.2. The van der Waals surface area contributed by atoms with Crippen LogP contribution in [-0.4, -0.2) is 11.1 Å². The maximum atomic E-state index is 10.2. The molecule has 0 amide bonds. The standard InChI is InChI=1S/C19H30O2/c1-2-3-4-5-6-7-8-9-10-11-12-13-14-15-16-17-18-19(20)21/h5-6,9-10,13-14,17-18H,2-4,7-8,11-12,15-16H2,1H3,(H,20,21). The Morgan fingerprint density at radius 3 is 1.48 bits per heavy atom. The SMILES string of the molecule is CCCCC=CCCC=CCCC=CCCC=CC(=O)O. The minimum Gasteiger partial charge on any atom is -0.478 e. The van der Waals surface area contributed by atoms with Gasteiger partial charge in [-0.1, -0.05) is 62.3 Å².